The quantitative estimate of drug-likeness (QED) is 0.835. The maximum absolute atomic E-state index is 12.7. The zero-order valence-electron chi connectivity index (χ0n) is 14.9. The minimum Gasteiger partial charge on any atom is -0.497 e. The van der Waals surface area contributed by atoms with Crippen LogP contribution in [0.25, 0.3) is 0 Å². The SMILES string of the molecule is COc1ccc(NC(C)=O)c(NC(=O)c2cc(S(C)(=O)=O)ccc2C)c1. The van der Waals surface area contributed by atoms with E-state index in [0.717, 1.165) is 6.26 Å². The van der Waals surface area contributed by atoms with Gasteiger partial charge in [-0.1, -0.05) is 6.07 Å². The van der Waals surface area contributed by atoms with Crippen LogP contribution in [0, 0.1) is 6.92 Å². The molecule has 0 unspecified atom stereocenters. The Kier molecular flexibility index (Phi) is 5.66. The smallest absolute Gasteiger partial charge is 0.256 e. The fourth-order valence-corrected chi connectivity index (χ4v) is 2.97. The number of anilines is 2. The number of carbonyl (C=O) groups excluding carboxylic acids is 2. The fraction of sp³-hybridized carbons (Fsp3) is 0.222. The van der Waals surface area contributed by atoms with Crippen LogP contribution in [0.5, 0.6) is 5.75 Å². The van der Waals surface area contributed by atoms with Gasteiger partial charge in [-0.2, -0.15) is 0 Å². The van der Waals surface area contributed by atoms with Crippen molar-refractivity contribution in [2.75, 3.05) is 24.0 Å². The molecular formula is C18H20N2O5S. The van der Waals surface area contributed by atoms with Crippen LogP contribution in [0.4, 0.5) is 11.4 Å². The molecule has 2 aromatic carbocycles. The molecular weight excluding hydrogens is 356 g/mol. The highest BCUT2D eigenvalue weighted by Gasteiger charge is 2.16. The number of hydrogen-bond donors (Lipinski definition) is 2. The van der Waals surface area contributed by atoms with E-state index in [1.54, 1.807) is 31.2 Å². The molecule has 0 atom stereocenters. The molecule has 26 heavy (non-hydrogen) atoms. The van der Waals surface area contributed by atoms with Gasteiger partial charge in [-0.25, -0.2) is 8.42 Å². The summed E-state index contributed by atoms with van der Waals surface area (Å²) in [5.74, 6) is -0.287. The lowest BCUT2D eigenvalue weighted by Crippen LogP contribution is -2.17. The van der Waals surface area contributed by atoms with E-state index in [2.05, 4.69) is 10.6 Å². The summed E-state index contributed by atoms with van der Waals surface area (Å²) in [5, 5.41) is 5.32. The van der Waals surface area contributed by atoms with Crippen molar-refractivity contribution >= 4 is 33.0 Å². The number of amides is 2. The molecule has 2 N–H and O–H groups in total. The molecule has 0 saturated carbocycles. The van der Waals surface area contributed by atoms with E-state index >= 15 is 0 Å². The van der Waals surface area contributed by atoms with Crippen molar-refractivity contribution < 1.29 is 22.7 Å². The highest BCUT2D eigenvalue weighted by molar-refractivity contribution is 7.90. The first-order chi connectivity index (χ1) is 12.1. The van der Waals surface area contributed by atoms with Crippen LogP contribution in [0.2, 0.25) is 0 Å². The van der Waals surface area contributed by atoms with Crippen LogP contribution in [-0.2, 0) is 14.6 Å². The van der Waals surface area contributed by atoms with E-state index in [4.69, 9.17) is 4.74 Å². The number of sulfone groups is 1. The van der Waals surface area contributed by atoms with E-state index in [1.807, 2.05) is 0 Å². The van der Waals surface area contributed by atoms with Gasteiger partial charge in [0, 0.05) is 24.8 Å². The van der Waals surface area contributed by atoms with Gasteiger partial charge in [-0.15, -0.1) is 0 Å². The van der Waals surface area contributed by atoms with Gasteiger partial charge >= 0.3 is 0 Å². The van der Waals surface area contributed by atoms with Gasteiger partial charge in [0.05, 0.1) is 23.4 Å². The number of benzene rings is 2. The summed E-state index contributed by atoms with van der Waals surface area (Å²) in [6, 6.07) is 9.19. The Morgan fingerprint density at radius 3 is 2.27 bits per heavy atom. The van der Waals surface area contributed by atoms with E-state index in [9.17, 15) is 18.0 Å². The number of aryl methyl sites for hydroxylation is 1. The number of nitrogens with one attached hydrogen (secondary N) is 2. The van der Waals surface area contributed by atoms with E-state index in [0.29, 0.717) is 22.7 Å². The maximum Gasteiger partial charge on any atom is 0.256 e. The van der Waals surface area contributed by atoms with Crippen LogP contribution < -0.4 is 15.4 Å². The first kappa shape index (κ1) is 19.5. The summed E-state index contributed by atoms with van der Waals surface area (Å²) < 4.78 is 28.6. The Morgan fingerprint density at radius 2 is 1.69 bits per heavy atom. The number of hydrogen-bond acceptors (Lipinski definition) is 5. The molecule has 0 aliphatic rings. The van der Waals surface area contributed by atoms with Crippen molar-refractivity contribution in [2.45, 2.75) is 18.7 Å². The lowest BCUT2D eigenvalue weighted by atomic mass is 10.1. The van der Waals surface area contributed by atoms with Crippen LogP contribution >= 0.6 is 0 Å². The summed E-state index contributed by atoms with van der Waals surface area (Å²) in [5.41, 5.74) is 1.60. The molecule has 2 amide bonds. The Bertz CT molecular complexity index is 968. The molecule has 0 bridgehead atoms. The lowest BCUT2D eigenvalue weighted by Gasteiger charge is -2.14. The monoisotopic (exact) mass is 376 g/mol. The summed E-state index contributed by atoms with van der Waals surface area (Å²) in [6.07, 6.45) is 1.08. The Balaban J connectivity index is 2.42. The zero-order valence-corrected chi connectivity index (χ0v) is 15.7. The zero-order chi connectivity index (χ0) is 19.5. The van der Waals surface area contributed by atoms with Crippen LogP contribution in [-0.4, -0.2) is 33.6 Å². The first-order valence-electron chi connectivity index (χ1n) is 7.69. The van der Waals surface area contributed by atoms with Crippen molar-refractivity contribution in [3.8, 4) is 5.75 Å². The third kappa shape index (κ3) is 4.60. The largest absolute Gasteiger partial charge is 0.497 e. The van der Waals surface area contributed by atoms with E-state index < -0.39 is 15.7 Å². The average molecular weight is 376 g/mol. The Hall–Kier alpha value is -2.87. The minimum absolute atomic E-state index is 0.0565. The molecule has 8 heteroatoms. The third-order valence-corrected chi connectivity index (χ3v) is 4.78. The molecule has 0 aliphatic heterocycles. The predicted molar refractivity (Wildman–Crippen MR) is 99.5 cm³/mol. The second-order valence-electron chi connectivity index (χ2n) is 5.80. The Morgan fingerprint density at radius 1 is 1.00 bits per heavy atom. The van der Waals surface area contributed by atoms with Crippen molar-refractivity contribution in [2.24, 2.45) is 0 Å². The van der Waals surface area contributed by atoms with Crippen LogP contribution in [0.1, 0.15) is 22.8 Å². The molecule has 0 heterocycles. The molecule has 0 radical (unpaired) electrons. The molecule has 7 nitrogen and oxygen atoms in total. The molecule has 0 fully saturated rings. The van der Waals surface area contributed by atoms with Gasteiger partial charge in [-0.05, 0) is 36.8 Å². The molecule has 0 spiro atoms. The summed E-state index contributed by atoms with van der Waals surface area (Å²) in [6.45, 7) is 3.07. The van der Waals surface area contributed by atoms with Gasteiger partial charge < -0.3 is 15.4 Å². The minimum atomic E-state index is -3.44. The maximum atomic E-state index is 12.7. The van der Waals surface area contributed by atoms with Crippen molar-refractivity contribution in [3.63, 3.8) is 0 Å². The molecule has 0 saturated heterocycles. The second kappa shape index (κ2) is 7.57. The van der Waals surface area contributed by atoms with Gasteiger partial charge in [-0.3, -0.25) is 9.59 Å². The fourth-order valence-electron chi connectivity index (χ4n) is 2.32. The van der Waals surface area contributed by atoms with Crippen LogP contribution in [0.3, 0.4) is 0 Å². The van der Waals surface area contributed by atoms with E-state index in [-0.39, 0.29) is 16.4 Å². The third-order valence-electron chi connectivity index (χ3n) is 3.67. The number of rotatable bonds is 5. The second-order valence-corrected chi connectivity index (χ2v) is 7.81. The molecule has 0 aliphatic carbocycles. The van der Waals surface area contributed by atoms with Crippen molar-refractivity contribution in [1.29, 1.82) is 0 Å². The van der Waals surface area contributed by atoms with Gasteiger partial charge in [0.15, 0.2) is 9.84 Å². The predicted octanol–water partition coefficient (Wildman–Crippen LogP) is 2.62. The molecule has 2 aromatic rings. The first-order valence-corrected chi connectivity index (χ1v) is 9.58. The number of methoxy groups -OCH3 is 1. The Labute approximate surface area is 152 Å². The molecule has 0 aromatic heterocycles. The summed E-state index contributed by atoms with van der Waals surface area (Å²) >= 11 is 0. The number of carbonyl (C=O) groups is 2. The average Bonchev–Trinajstić information content (AvgIpc) is 2.55. The van der Waals surface area contributed by atoms with Gasteiger partial charge in [0.2, 0.25) is 5.91 Å². The van der Waals surface area contributed by atoms with Crippen LogP contribution in [0.15, 0.2) is 41.3 Å². The van der Waals surface area contributed by atoms with Gasteiger partial charge in [0.25, 0.3) is 5.91 Å². The number of ether oxygens (including phenoxy) is 1. The summed E-state index contributed by atoms with van der Waals surface area (Å²) in [7, 11) is -1.96. The van der Waals surface area contributed by atoms with Crippen molar-refractivity contribution in [1.82, 2.24) is 0 Å². The normalized spacial score (nSPS) is 10.9. The van der Waals surface area contributed by atoms with E-state index in [1.165, 1.54) is 26.2 Å². The molecule has 2 rings (SSSR count). The lowest BCUT2D eigenvalue weighted by molar-refractivity contribution is -0.114. The molecule has 138 valence electrons. The highest BCUT2D eigenvalue weighted by Crippen LogP contribution is 2.28. The summed E-state index contributed by atoms with van der Waals surface area (Å²) in [4.78, 5) is 24.1. The standard InChI is InChI=1S/C18H20N2O5S/c1-11-5-7-14(26(4,23)24)10-15(11)18(22)20-17-9-13(25-3)6-8-16(17)19-12(2)21/h5-10H,1-4H3,(H,19,21)(H,20,22). The topological polar surface area (TPSA) is 102 Å². The van der Waals surface area contributed by atoms with Crippen molar-refractivity contribution in [3.05, 3.63) is 47.5 Å². The highest BCUT2D eigenvalue weighted by atomic mass is 32.2. The van der Waals surface area contributed by atoms with Gasteiger partial charge in [0.1, 0.15) is 5.75 Å².